The van der Waals surface area contributed by atoms with Crippen LogP contribution in [0.1, 0.15) is 36.6 Å². The minimum Gasteiger partial charge on any atom is -0.439 e. The van der Waals surface area contributed by atoms with Crippen LogP contribution in [-0.2, 0) is 11.2 Å². The zero-order chi connectivity index (χ0) is 15.4. The molecule has 22 heavy (non-hydrogen) atoms. The number of carbonyl (C=O) groups excluding carboxylic acids is 1. The minimum absolute atomic E-state index is 0.294. The molecule has 1 aromatic heterocycles. The fraction of sp³-hybridized carbons (Fsp3) is 0.294. The van der Waals surface area contributed by atoms with Crippen molar-refractivity contribution >= 4 is 23.4 Å². The highest BCUT2D eigenvalue weighted by Gasteiger charge is 2.23. The number of carbonyl (C=O) groups is 1. The van der Waals surface area contributed by atoms with E-state index < -0.39 is 6.09 Å². The highest BCUT2D eigenvalue weighted by Crippen LogP contribution is 2.30. The molecule has 1 aromatic carbocycles. The number of hydrogen-bond donors (Lipinski definition) is 1. The molecule has 0 unspecified atom stereocenters. The number of ether oxygens (including phenoxy) is 1. The summed E-state index contributed by atoms with van der Waals surface area (Å²) in [6.07, 6.45) is 4.87. The number of anilines is 1. The van der Waals surface area contributed by atoms with Gasteiger partial charge in [-0.05, 0) is 55.5 Å². The van der Waals surface area contributed by atoms with Gasteiger partial charge in [-0.25, -0.2) is 4.79 Å². The van der Waals surface area contributed by atoms with Gasteiger partial charge in [0.2, 0.25) is 0 Å². The molecule has 114 valence electrons. The van der Waals surface area contributed by atoms with Crippen LogP contribution in [-0.4, -0.2) is 11.1 Å². The van der Waals surface area contributed by atoms with Crippen LogP contribution in [0, 0.1) is 0 Å². The molecular formula is C17H17ClN2O2. The van der Waals surface area contributed by atoms with Crippen molar-refractivity contribution in [1.29, 1.82) is 0 Å². The van der Waals surface area contributed by atoms with E-state index in [0.29, 0.717) is 10.7 Å². The Morgan fingerprint density at radius 2 is 2.18 bits per heavy atom. The second kappa shape index (κ2) is 6.79. The summed E-state index contributed by atoms with van der Waals surface area (Å²) >= 11 is 5.91. The van der Waals surface area contributed by atoms with Crippen LogP contribution in [0.5, 0.6) is 0 Å². The molecule has 0 radical (unpaired) electrons. The molecule has 0 aliphatic heterocycles. The normalized spacial score (nSPS) is 17.2. The molecule has 1 heterocycles. The first-order chi connectivity index (χ1) is 10.7. The maximum atomic E-state index is 12.1. The Kier molecular flexibility index (Phi) is 4.59. The fourth-order valence-electron chi connectivity index (χ4n) is 2.69. The van der Waals surface area contributed by atoms with E-state index in [2.05, 4.69) is 16.4 Å². The minimum atomic E-state index is -0.481. The van der Waals surface area contributed by atoms with E-state index in [-0.39, 0.29) is 6.10 Å². The molecule has 0 spiro atoms. The third-order valence-electron chi connectivity index (χ3n) is 3.71. The lowest BCUT2D eigenvalue weighted by atomic mass is 10.1. The topological polar surface area (TPSA) is 51.2 Å². The Morgan fingerprint density at radius 3 is 3.05 bits per heavy atom. The van der Waals surface area contributed by atoms with E-state index in [0.717, 1.165) is 31.4 Å². The first kappa shape index (κ1) is 14.9. The van der Waals surface area contributed by atoms with E-state index in [1.807, 2.05) is 6.07 Å². The van der Waals surface area contributed by atoms with Gasteiger partial charge < -0.3 is 4.74 Å². The van der Waals surface area contributed by atoms with Crippen molar-refractivity contribution < 1.29 is 9.53 Å². The third-order valence-corrected chi connectivity index (χ3v) is 3.95. The van der Waals surface area contributed by atoms with Gasteiger partial charge in [-0.15, -0.1) is 0 Å². The standard InChI is InChI=1S/C17H17ClN2O2/c18-13-7-3-8-14(11-13)20-17(21)22-15-9-2-1-5-12-6-4-10-19-16(12)15/h3-4,6-8,10-11,15H,1-2,5,9H2,(H,20,21)/t15-/m1/s1. The van der Waals surface area contributed by atoms with E-state index in [4.69, 9.17) is 16.3 Å². The number of benzene rings is 1. The van der Waals surface area contributed by atoms with Crippen LogP contribution in [0.2, 0.25) is 5.02 Å². The molecular weight excluding hydrogens is 300 g/mol. The number of rotatable bonds is 2. The second-order valence-electron chi connectivity index (χ2n) is 5.32. The van der Waals surface area contributed by atoms with Crippen molar-refractivity contribution in [2.24, 2.45) is 0 Å². The maximum Gasteiger partial charge on any atom is 0.412 e. The van der Waals surface area contributed by atoms with Crippen LogP contribution >= 0.6 is 11.6 Å². The summed E-state index contributed by atoms with van der Waals surface area (Å²) < 4.78 is 5.59. The summed E-state index contributed by atoms with van der Waals surface area (Å²) in [5, 5.41) is 3.28. The number of fused-ring (bicyclic) bond motifs is 1. The molecule has 1 aliphatic rings. The van der Waals surface area contributed by atoms with Crippen molar-refractivity contribution in [1.82, 2.24) is 4.98 Å². The number of hydrogen-bond acceptors (Lipinski definition) is 3. The quantitative estimate of drug-likeness (QED) is 0.813. The Bertz CT molecular complexity index is 675. The van der Waals surface area contributed by atoms with E-state index in [1.165, 1.54) is 5.56 Å². The van der Waals surface area contributed by atoms with Gasteiger partial charge in [0, 0.05) is 16.9 Å². The van der Waals surface area contributed by atoms with Crippen LogP contribution in [0.4, 0.5) is 10.5 Å². The van der Waals surface area contributed by atoms with Gasteiger partial charge in [-0.2, -0.15) is 0 Å². The number of nitrogens with zero attached hydrogens (tertiary/aromatic N) is 1. The number of aryl methyl sites for hydroxylation is 1. The summed E-state index contributed by atoms with van der Waals surface area (Å²) in [5.41, 5.74) is 2.66. The summed E-state index contributed by atoms with van der Waals surface area (Å²) in [5.74, 6) is 0. The second-order valence-corrected chi connectivity index (χ2v) is 5.76. The van der Waals surface area contributed by atoms with Crippen LogP contribution in [0.15, 0.2) is 42.6 Å². The molecule has 4 nitrogen and oxygen atoms in total. The molecule has 2 aromatic rings. The lowest BCUT2D eigenvalue weighted by Crippen LogP contribution is -2.18. The van der Waals surface area contributed by atoms with Gasteiger partial charge >= 0.3 is 6.09 Å². The zero-order valence-electron chi connectivity index (χ0n) is 12.1. The largest absolute Gasteiger partial charge is 0.439 e. The Balaban J connectivity index is 1.71. The summed E-state index contributed by atoms with van der Waals surface area (Å²) in [6, 6.07) is 11.0. The molecule has 5 heteroatoms. The highest BCUT2D eigenvalue weighted by atomic mass is 35.5. The molecule has 1 aliphatic carbocycles. The van der Waals surface area contributed by atoms with Gasteiger partial charge in [0.05, 0.1) is 5.69 Å². The maximum absolute atomic E-state index is 12.1. The van der Waals surface area contributed by atoms with Gasteiger partial charge in [0.25, 0.3) is 0 Å². The Hall–Kier alpha value is -2.07. The van der Waals surface area contributed by atoms with Gasteiger partial charge in [-0.3, -0.25) is 10.3 Å². The van der Waals surface area contributed by atoms with Gasteiger partial charge in [0.1, 0.15) is 6.10 Å². The average molecular weight is 317 g/mol. The number of halogens is 1. The molecule has 0 saturated carbocycles. The molecule has 3 rings (SSSR count). The Morgan fingerprint density at radius 1 is 1.27 bits per heavy atom. The van der Waals surface area contributed by atoms with Gasteiger partial charge in [-0.1, -0.05) is 23.7 Å². The Labute approximate surface area is 134 Å². The number of nitrogens with one attached hydrogen (secondary N) is 1. The predicted molar refractivity (Wildman–Crippen MR) is 86.1 cm³/mol. The smallest absolute Gasteiger partial charge is 0.412 e. The number of aromatic nitrogens is 1. The SMILES string of the molecule is O=C(Nc1cccc(Cl)c1)O[C@@H]1CCCCc2cccnc21. The summed E-state index contributed by atoms with van der Waals surface area (Å²) in [6.45, 7) is 0. The van der Waals surface area contributed by atoms with Crippen LogP contribution < -0.4 is 5.32 Å². The average Bonchev–Trinajstić information content (AvgIpc) is 2.70. The lowest BCUT2D eigenvalue weighted by Gasteiger charge is -2.17. The predicted octanol–water partition coefficient (Wildman–Crippen LogP) is 4.75. The van der Waals surface area contributed by atoms with Crippen molar-refractivity contribution in [3.05, 3.63) is 58.9 Å². The number of amides is 1. The zero-order valence-corrected chi connectivity index (χ0v) is 12.8. The number of pyridine rings is 1. The van der Waals surface area contributed by atoms with E-state index >= 15 is 0 Å². The molecule has 0 bridgehead atoms. The highest BCUT2D eigenvalue weighted by molar-refractivity contribution is 6.30. The van der Waals surface area contributed by atoms with Crippen LogP contribution in [0.3, 0.4) is 0 Å². The van der Waals surface area contributed by atoms with Crippen molar-refractivity contribution in [3.8, 4) is 0 Å². The van der Waals surface area contributed by atoms with E-state index in [9.17, 15) is 4.79 Å². The van der Waals surface area contributed by atoms with Crippen molar-refractivity contribution in [3.63, 3.8) is 0 Å². The molecule has 0 fully saturated rings. The molecule has 1 amide bonds. The lowest BCUT2D eigenvalue weighted by molar-refractivity contribution is 0.103. The van der Waals surface area contributed by atoms with Crippen molar-refractivity contribution in [2.45, 2.75) is 31.8 Å². The monoisotopic (exact) mass is 316 g/mol. The van der Waals surface area contributed by atoms with Crippen molar-refractivity contribution in [2.75, 3.05) is 5.32 Å². The van der Waals surface area contributed by atoms with Crippen LogP contribution in [0.25, 0.3) is 0 Å². The molecule has 1 atom stereocenters. The summed E-state index contributed by atoms with van der Waals surface area (Å²) in [7, 11) is 0. The van der Waals surface area contributed by atoms with Gasteiger partial charge in [0.15, 0.2) is 0 Å². The first-order valence-corrected chi connectivity index (χ1v) is 7.77. The molecule has 0 saturated heterocycles. The first-order valence-electron chi connectivity index (χ1n) is 7.39. The molecule has 1 N–H and O–H groups in total. The van der Waals surface area contributed by atoms with E-state index in [1.54, 1.807) is 30.5 Å². The fourth-order valence-corrected chi connectivity index (χ4v) is 2.88. The third kappa shape index (κ3) is 3.57. The summed E-state index contributed by atoms with van der Waals surface area (Å²) in [4.78, 5) is 16.5.